The Balaban J connectivity index is 1.87. The Labute approximate surface area is 111 Å². The number of aryl methyl sites for hydroxylation is 1. The summed E-state index contributed by atoms with van der Waals surface area (Å²) < 4.78 is 0. The molecule has 3 N–H and O–H groups in total. The molecular weight excluding hydrogens is 270 g/mol. The van der Waals surface area contributed by atoms with Gasteiger partial charge in [0, 0.05) is 11.8 Å². The van der Waals surface area contributed by atoms with Gasteiger partial charge in [-0.2, -0.15) is 15.4 Å². The summed E-state index contributed by atoms with van der Waals surface area (Å²) in [5.74, 6) is -1.21. The third-order valence-electron chi connectivity index (χ3n) is 2.24. The average Bonchev–Trinajstić information content (AvgIpc) is 2.99. The van der Waals surface area contributed by atoms with Gasteiger partial charge in [0.15, 0.2) is 10.8 Å². The van der Waals surface area contributed by atoms with Crippen molar-refractivity contribution in [2.45, 2.75) is 19.3 Å². The standard InChI is InChI=1S/C10H11N5O3S/c16-8(17)3-1-2-6-5-19-10(12-6)13-9(18)7-4-11-15-14-7/h4-5H,1-3H2,(H,16,17)(H,11,14,15)(H,12,13,18). The van der Waals surface area contributed by atoms with E-state index < -0.39 is 5.97 Å². The second kappa shape index (κ2) is 6.05. The SMILES string of the molecule is O=C(O)CCCc1csc(NC(=O)c2cn[nH]n2)n1. The number of anilines is 1. The van der Waals surface area contributed by atoms with E-state index in [0.29, 0.717) is 18.0 Å². The fourth-order valence-corrected chi connectivity index (χ4v) is 2.11. The first-order valence-corrected chi connectivity index (χ1v) is 6.36. The van der Waals surface area contributed by atoms with Crippen LogP contribution >= 0.6 is 11.3 Å². The second-order valence-electron chi connectivity index (χ2n) is 3.70. The van der Waals surface area contributed by atoms with E-state index in [2.05, 4.69) is 25.7 Å². The molecule has 19 heavy (non-hydrogen) atoms. The molecule has 0 spiro atoms. The first-order valence-electron chi connectivity index (χ1n) is 5.48. The van der Waals surface area contributed by atoms with Gasteiger partial charge in [0.2, 0.25) is 0 Å². The number of rotatable bonds is 6. The zero-order chi connectivity index (χ0) is 13.7. The monoisotopic (exact) mass is 281 g/mol. The van der Waals surface area contributed by atoms with Crippen molar-refractivity contribution in [3.8, 4) is 0 Å². The molecule has 0 aliphatic heterocycles. The largest absolute Gasteiger partial charge is 0.481 e. The molecule has 0 radical (unpaired) electrons. The van der Waals surface area contributed by atoms with E-state index in [-0.39, 0.29) is 18.0 Å². The lowest BCUT2D eigenvalue weighted by atomic mass is 10.2. The number of H-pyrrole nitrogens is 1. The van der Waals surface area contributed by atoms with E-state index in [1.807, 2.05) is 0 Å². The molecule has 0 aromatic carbocycles. The number of carbonyl (C=O) groups is 2. The molecular formula is C10H11N5O3S. The molecule has 0 unspecified atom stereocenters. The Morgan fingerprint density at radius 3 is 3.00 bits per heavy atom. The summed E-state index contributed by atoms with van der Waals surface area (Å²) in [6.07, 6.45) is 2.52. The third kappa shape index (κ3) is 3.85. The van der Waals surface area contributed by atoms with Crippen LogP contribution in [0.15, 0.2) is 11.6 Å². The maximum absolute atomic E-state index is 11.6. The molecule has 0 bridgehead atoms. The summed E-state index contributed by atoms with van der Waals surface area (Å²) in [6, 6.07) is 0. The molecule has 9 heteroatoms. The van der Waals surface area contributed by atoms with Crippen LogP contribution in [-0.4, -0.2) is 37.4 Å². The number of carboxylic acids is 1. The molecule has 2 rings (SSSR count). The van der Waals surface area contributed by atoms with Crippen LogP contribution in [0.25, 0.3) is 0 Å². The van der Waals surface area contributed by atoms with Crippen LogP contribution in [0.5, 0.6) is 0 Å². The summed E-state index contributed by atoms with van der Waals surface area (Å²) in [5.41, 5.74) is 0.948. The molecule has 0 fully saturated rings. The van der Waals surface area contributed by atoms with Crippen LogP contribution in [-0.2, 0) is 11.2 Å². The molecule has 0 aliphatic carbocycles. The molecule has 100 valence electrons. The number of nitrogens with zero attached hydrogens (tertiary/aromatic N) is 3. The lowest BCUT2D eigenvalue weighted by molar-refractivity contribution is -0.137. The van der Waals surface area contributed by atoms with Gasteiger partial charge in [0.1, 0.15) is 0 Å². The number of aromatic nitrogens is 4. The molecule has 1 amide bonds. The Kier molecular flexibility index (Phi) is 4.18. The molecule has 8 nitrogen and oxygen atoms in total. The van der Waals surface area contributed by atoms with Crippen LogP contribution in [0.3, 0.4) is 0 Å². The van der Waals surface area contributed by atoms with Gasteiger partial charge < -0.3 is 5.11 Å². The summed E-state index contributed by atoms with van der Waals surface area (Å²) in [6.45, 7) is 0. The van der Waals surface area contributed by atoms with Crippen molar-refractivity contribution in [3.63, 3.8) is 0 Å². The summed E-state index contributed by atoms with van der Waals surface area (Å²) >= 11 is 1.29. The van der Waals surface area contributed by atoms with Crippen LogP contribution in [0.1, 0.15) is 29.0 Å². The Hall–Kier alpha value is -2.29. The smallest absolute Gasteiger partial charge is 0.303 e. The van der Waals surface area contributed by atoms with E-state index in [1.165, 1.54) is 17.5 Å². The lowest BCUT2D eigenvalue weighted by Crippen LogP contribution is -2.12. The number of aliphatic carboxylic acids is 1. The van der Waals surface area contributed by atoms with E-state index in [0.717, 1.165) is 5.69 Å². The van der Waals surface area contributed by atoms with Crippen LogP contribution in [0, 0.1) is 0 Å². The number of hydrogen-bond donors (Lipinski definition) is 3. The molecule has 0 saturated carbocycles. The normalized spacial score (nSPS) is 10.3. The van der Waals surface area contributed by atoms with Crippen molar-refractivity contribution in [2.75, 3.05) is 5.32 Å². The number of aromatic amines is 1. The van der Waals surface area contributed by atoms with Crippen LogP contribution in [0.4, 0.5) is 5.13 Å². The van der Waals surface area contributed by atoms with Gasteiger partial charge in [-0.3, -0.25) is 14.9 Å². The van der Waals surface area contributed by atoms with Gasteiger partial charge >= 0.3 is 5.97 Å². The fraction of sp³-hybridized carbons (Fsp3) is 0.300. The van der Waals surface area contributed by atoms with E-state index in [9.17, 15) is 9.59 Å². The minimum absolute atomic E-state index is 0.109. The van der Waals surface area contributed by atoms with Crippen molar-refractivity contribution in [2.24, 2.45) is 0 Å². The van der Waals surface area contributed by atoms with Gasteiger partial charge in [-0.1, -0.05) is 0 Å². The van der Waals surface area contributed by atoms with E-state index in [4.69, 9.17) is 5.11 Å². The number of nitrogens with one attached hydrogen (secondary N) is 2. The lowest BCUT2D eigenvalue weighted by Gasteiger charge is -1.96. The molecule has 0 saturated heterocycles. The second-order valence-corrected chi connectivity index (χ2v) is 4.56. The van der Waals surface area contributed by atoms with Gasteiger partial charge in [0.25, 0.3) is 5.91 Å². The van der Waals surface area contributed by atoms with Crippen molar-refractivity contribution < 1.29 is 14.7 Å². The highest BCUT2D eigenvalue weighted by Gasteiger charge is 2.11. The number of amides is 1. The van der Waals surface area contributed by atoms with E-state index >= 15 is 0 Å². The van der Waals surface area contributed by atoms with Crippen LogP contribution in [0.2, 0.25) is 0 Å². The van der Waals surface area contributed by atoms with Gasteiger partial charge in [-0.05, 0) is 12.8 Å². The number of carbonyl (C=O) groups excluding carboxylic acids is 1. The maximum Gasteiger partial charge on any atom is 0.303 e. The van der Waals surface area contributed by atoms with Crippen molar-refractivity contribution in [1.29, 1.82) is 0 Å². The summed E-state index contributed by atoms with van der Waals surface area (Å²) in [5, 5.41) is 22.9. The van der Waals surface area contributed by atoms with Crippen LogP contribution < -0.4 is 5.32 Å². The maximum atomic E-state index is 11.6. The Bertz CT molecular complexity index is 565. The highest BCUT2D eigenvalue weighted by Crippen LogP contribution is 2.17. The first-order chi connectivity index (χ1) is 9.15. The average molecular weight is 281 g/mol. The fourth-order valence-electron chi connectivity index (χ4n) is 1.37. The minimum atomic E-state index is -0.824. The number of carboxylic acid groups (broad SMARTS) is 1. The molecule has 2 aromatic heterocycles. The highest BCUT2D eigenvalue weighted by molar-refractivity contribution is 7.13. The quantitative estimate of drug-likeness (QED) is 0.724. The number of thiazole rings is 1. The predicted molar refractivity (Wildman–Crippen MR) is 67.0 cm³/mol. The summed E-state index contributed by atoms with van der Waals surface area (Å²) in [7, 11) is 0. The molecule has 0 aliphatic rings. The highest BCUT2D eigenvalue weighted by atomic mass is 32.1. The topological polar surface area (TPSA) is 121 Å². The van der Waals surface area contributed by atoms with E-state index in [1.54, 1.807) is 5.38 Å². The molecule has 0 atom stereocenters. The zero-order valence-electron chi connectivity index (χ0n) is 9.79. The van der Waals surface area contributed by atoms with Crippen molar-refractivity contribution in [1.82, 2.24) is 20.4 Å². The predicted octanol–water partition coefficient (Wildman–Crippen LogP) is 0.921. The third-order valence-corrected chi connectivity index (χ3v) is 3.05. The Morgan fingerprint density at radius 2 is 2.32 bits per heavy atom. The molecule has 2 heterocycles. The van der Waals surface area contributed by atoms with Gasteiger partial charge in [0.05, 0.1) is 11.9 Å². The van der Waals surface area contributed by atoms with Gasteiger partial charge in [-0.15, -0.1) is 11.3 Å². The number of hydrogen-bond acceptors (Lipinski definition) is 6. The first kappa shape index (κ1) is 13.1. The van der Waals surface area contributed by atoms with Crippen molar-refractivity contribution >= 4 is 28.3 Å². The minimum Gasteiger partial charge on any atom is -0.481 e. The van der Waals surface area contributed by atoms with Crippen molar-refractivity contribution in [3.05, 3.63) is 23.0 Å². The molecule has 2 aromatic rings. The Morgan fingerprint density at radius 1 is 1.47 bits per heavy atom. The van der Waals surface area contributed by atoms with Gasteiger partial charge in [-0.25, -0.2) is 4.98 Å². The zero-order valence-corrected chi connectivity index (χ0v) is 10.6. The summed E-state index contributed by atoms with van der Waals surface area (Å²) in [4.78, 5) is 26.2.